The molecule has 4 nitrogen and oxygen atoms in total. The van der Waals surface area contributed by atoms with E-state index in [-0.39, 0.29) is 11.9 Å². The average molecular weight is 263 g/mol. The van der Waals surface area contributed by atoms with Gasteiger partial charge in [-0.25, -0.2) is 0 Å². The van der Waals surface area contributed by atoms with E-state index in [0.29, 0.717) is 11.3 Å². The molecule has 0 heterocycles. The number of nitrogens with one attached hydrogen (secondary N) is 1. The largest absolute Gasteiger partial charge is 0.398 e. The van der Waals surface area contributed by atoms with Crippen LogP contribution in [0.15, 0.2) is 18.2 Å². The highest BCUT2D eigenvalue weighted by Gasteiger charge is 2.12. The number of nitrogen functional groups attached to an aromatic ring is 1. The molecule has 1 unspecified atom stereocenters. The molecular formula is C15H25N3O. The number of nitrogens with two attached hydrogens (primary N) is 1. The zero-order valence-corrected chi connectivity index (χ0v) is 12.4. The molecule has 0 aromatic heterocycles. The summed E-state index contributed by atoms with van der Waals surface area (Å²) in [5.74, 6) is -0.0636. The van der Waals surface area contributed by atoms with Crippen LogP contribution in [0, 0.1) is 6.92 Å². The summed E-state index contributed by atoms with van der Waals surface area (Å²) in [5, 5.41) is 3.01. The van der Waals surface area contributed by atoms with E-state index >= 15 is 0 Å². The first-order chi connectivity index (χ1) is 8.97. The van der Waals surface area contributed by atoms with E-state index in [9.17, 15) is 4.79 Å². The molecule has 1 aromatic rings. The summed E-state index contributed by atoms with van der Waals surface area (Å²) in [6, 6.07) is 5.54. The molecular weight excluding hydrogens is 238 g/mol. The predicted octanol–water partition coefficient (Wildman–Crippen LogP) is 2.04. The van der Waals surface area contributed by atoms with Gasteiger partial charge in [-0.15, -0.1) is 0 Å². The Balaban J connectivity index is 2.61. The monoisotopic (exact) mass is 263 g/mol. The molecule has 0 spiro atoms. The van der Waals surface area contributed by atoms with Crippen molar-refractivity contribution in [1.82, 2.24) is 10.2 Å². The molecule has 106 valence electrons. The zero-order valence-electron chi connectivity index (χ0n) is 12.4. The Morgan fingerprint density at radius 2 is 2.00 bits per heavy atom. The van der Waals surface area contributed by atoms with Crippen molar-refractivity contribution >= 4 is 11.6 Å². The van der Waals surface area contributed by atoms with Crippen LogP contribution in [-0.4, -0.2) is 36.5 Å². The number of nitrogens with zero attached hydrogens (tertiary/aromatic N) is 1. The zero-order chi connectivity index (χ0) is 14.4. The van der Waals surface area contributed by atoms with Crippen molar-refractivity contribution in [2.75, 3.05) is 25.4 Å². The third kappa shape index (κ3) is 4.56. The van der Waals surface area contributed by atoms with Gasteiger partial charge in [0, 0.05) is 23.8 Å². The number of benzene rings is 1. The summed E-state index contributed by atoms with van der Waals surface area (Å²) >= 11 is 0. The van der Waals surface area contributed by atoms with Crippen LogP contribution in [0.2, 0.25) is 0 Å². The first kappa shape index (κ1) is 15.5. The summed E-state index contributed by atoms with van der Waals surface area (Å²) < 4.78 is 0. The van der Waals surface area contributed by atoms with Crippen LogP contribution in [0.25, 0.3) is 0 Å². The Morgan fingerprint density at radius 1 is 1.37 bits per heavy atom. The minimum atomic E-state index is -0.0636. The van der Waals surface area contributed by atoms with Gasteiger partial charge in [-0.1, -0.05) is 19.9 Å². The van der Waals surface area contributed by atoms with Crippen molar-refractivity contribution in [3.63, 3.8) is 0 Å². The molecule has 1 aromatic carbocycles. The second kappa shape index (κ2) is 7.14. The normalized spacial score (nSPS) is 12.5. The van der Waals surface area contributed by atoms with Crippen LogP contribution >= 0.6 is 0 Å². The summed E-state index contributed by atoms with van der Waals surface area (Å²) in [5.41, 5.74) is 8.09. The topological polar surface area (TPSA) is 58.4 Å². The van der Waals surface area contributed by atoms with Crippen molar-refractivity contribution in [2.24, 2.45) is 0 Å². The van der Waals surface area contributed by atoms with E-state index in [1.54, 1.807) is 6.07 Å². The number of hydrogen-bond donors (Lipinski definition) is 2. The minimum absolute atomic E-state index is 0.0636. The molecule has 0 bridgehead atoms. The molecule has 1 amide bonds. The number of carbonyl (C=O) groups is 1. The molecule has 0 aliphatic heterocycles. The third-order valence-electron chi connectivity index (χ3n) is 3.35. The minimum Gasteiger partial charge on any atom is -0.398 e. The number of amides is 1. The Kier molecular flexibility index (Phi) is 5.83. The van der Waals surface area contributed by atoms with E-state index in [4.69, 9.17) is 5.73 Å². The van der Waals surface area contributed by atoms with Gasteiger partial charge >= 0.3 is 0 Å². The molecule has 0 saturated heterocycles. The van der Waals surface area contributed by atoms with Gasteiger partial charge in [0.15, 0.2) is 0 Å². The fraction of sp³-hybridized carbons (Fsp3) is 0.533. The summed E-state index contributed by atoms with van der Waals surface area (Å²) in [7, 11) is 0. The Morgan fingerprint density at radius 3 is 2.53 bits per heavy atom. The Bertz CT molecular complexity index is 427. The maximum atomic E-state index is 12.1. The van der Waals surface area contributed by atoms with Crippen LogP contribution in [0.5, 0.6) is 0 Å². The highest BCUT2D eigenvalue weighted by atomic mass is 16.1. The lowest BCUT2D eigenvalue weighted by molar-refractivity contribution is 0.0930. The fourth-order valence-corrected chi connectivity index (χ4v) is 2.00. The van der Waals surface area contributed by atoms with Crippen LogP contribution in [0.1, 0.15) is 36.7 Å². The number of anilines is 1. The van der Waals surface area contributed by atoms with E-state index in [2.05, 4.69) is 24.1 Å². The Hall–Kier alpha value is -1.55. The van der Waals surface area contributed by atoms with Crippen molar-refractivity contribution in [2.45, 2.75) is 33.7 Å². The van der Waals surface area contributed by atoms with E-state index < -0.39 is 0 Å². The van der Waals surface area contributed by atoms with Crippen molar-refractivity contribution in [1.29, 1.82) is 0 Å². The average Bonchev–Trinajstić information content (AvgIpc) is 2.38. The fourth-order valence-electron chi connectivity index (χ4n) is 2.00. The molecule has 3 N–H and O–H groups in total. The van der Waals surface area contributed by atoms with Gasteiger partial charge in [-0.2, -0.15) is 0 Å². The molecule has 0 fully saturated rings. The lowest BCUT2D eigenvalue weighted by Gasteiger charge is -2.23. The lowest BCUT2D eigenvalue weighted by Crippen LogP contribution is -2.41. The van der Waals surface area contributed by atoms with Gasteiger partial charge < -0.3 is 16.0 Å². The van der Waals surface area contributed by atoms with Crippen LogP contribution in [0.3, 0.4) is 0 Å². The summed E-state index contributed by atoms with van der Waals surface area (Å²) in [6.45, 7) is 11.0. The van der Waals surface area contributed by atoms with Gasteiger partial charge in [0.25, 0.3) is 5.91 Å². The highest BCUT2D eigenvalue weighted by Crippen LogP contribution is 2.12. The number of likely N-dealkylation sites (N-methyl/N-ethyl adjacent to an activating group) is 1. The molecule has 0 aliphatic carbocycles. The molecule has 1 atom stereocenters. The molecule has 19 heavy (non-hydrogen) atoms. The molecule has 0 aliphatic rings. The smallest absolute Gasteiger partial charge is 0.251 e. The standard InChI is InChI=1S/C15H25N3O/c1-5-18(6-2)10-12(4)17-15(19)13-8-7-11(3)14(16)9-13/h7-9,12H,5-6,10,16H2,1-4H3,(H,17,19). The van der Waals surface area contributed by atoms with Crippen LogP contribution < -0.4 is 11.1 Å². The number of rotatable bonds is 6. The molecule has 0 radical (unpaired) electrons. The van der Waals surface area contributed by atoms with Gasteiger partial charge in [0.1, 0.15) is 0 Å². The third-order valence-corrected chi connectivity index (χ3v) is 3.35. The molecule has 1 rings (SSSR count). The predicted molar refractivity (Wildman–Crippen MR) is 80.3 cm³/mol. The first-order valence-electron chi connectivity index (χ1n) is 6.87. The number of aryl methyl sites for hydroxylation is 1. The van der Waals surface area contributed by atoms with Crippen molar-refractivity contribution < 1.29 is 4.79 Å². The second-order valence-corrected chi connectivity index (χ2v) is 4.93. The van der Waals surface area contributed by atoms with Gasteiger partial charge in [-0.05, 0) is 44.6 Å². The van der Waals surface area contributed by atoms with Gasteiger partial charge in [0.2, 0.25) is 0 Å². The van der Waals surface area contributed by atoms with E-state index in [0.717, 1.165) is 25.2 Å². The summed E-state index contributed by atoms with van der Waals surface area (Å²) in [4.78, 5) is 14.4. The molecule has 0 saturated carbocycles. The van der Waals surface area contributed by atoms with E-state index in [1.165, 1.54) is 0 Å². The SMILES string of the molecule is CCN(CC)CC(C)NC(=O)c1ccc(C)c(N)c1. The second-order valence-electron chi connectivity index (χ2n) is 4.93. The highest BCUT2D eigenvalue weighted by molar-refractivity contribution is 5.95. The number of hydrogen-bond acceptors (Lipinski definition) is 3. The maximum absolute atomic E-state index is 12.1. The van der Waals surface area contributed by atoms with Crippen molar-refractivity contribution in [3.05, 3.63) is 29.3 Å². The maximum Gasteiger partial charge on any atom is 0.251 e. The summed E-state index contributed by atoms with van der Waals surface area (Å²) in [6.07, 6.45) is 0. The quantitative estimate of drug-likeness (QED) is 0.772. The molecule has 4 heteroatoms. The van der Waals surface area contributed by atoms with Crippen LogP contribution in [0.4, 0.5) is 5.69 Å². The first-order valence-corrected chi connectivity index (χ1v) is 6.87. The van der Waals surface area contributed by atoms with Gasteiger partial charge in [-0.3, -0.25) is 4.79 Å². The van der Waals surface area contributed by atoms with E-state index in [1.807, 2.05) is 26.0 Å². The number of carbonyl (C=O) groups excluding carboxylic acids is 1. The Labute approximate surface area is 116 Å². The lowest BCUT2D eigenvalue weighted by atomic mass is 10.1. The van der Waals surface area contributed by atoms with Crippen molar-refractivity contribution in [3.8, 4) is 0 Å². The van der Waals surface area contributed by atoms with Crippen LogP contribution in [-0.2, 0) is 0 Å². The van der Waals surface area contributed by atoms with Gasteiger partial charge in [0.05, 0.1) is 0 Å².